The van der Waals surface area contributed by atoms with E-state index in [2.05, 4.69) is 39.5 Å². The van der Waals surface area contributed by atoms with E-state index in [9.17, 15) is 28.8 Å². The summed E-state index contributed by atoms with van der Waals surface area (Å²) in [4.78, 5) is 75.1. The molecule has 98 heavy (non-hydrogen) atoms. The van der Waals surface area contributed by atoms with Gasteiger partial charge < -0.3 is 42.0 Å². The Morgan fingerprint density at radius 1 is 0.276 bits per heavy atom. The molecule has 0 amide bonds. The van der Waals surface area contributed by atoms with E-state index in [1.807, 2.05) is 77.9 Å². The van der Waals surface area contributed by atoms with E-state index in [4.69, 9.17) is 42.0 Å². The van der Waals surface area contributed by atoms with Gasteiger partial charge >= 0.3 is 43.6 Å². The summed E-state index contributed by atoms with van der Waals surface area (Å²) in [6.07, 6.45) is 6.28. The molecule has 0 saturated heterocycles. The van der Waals surface area contributed by atoms with E-state index in [0.717, 1.165) is 36.5 Å². The zero-order valence-corrected chi connectivity index (χ0v) is 55.6. The minimum atomic E-state index is -5.48. The fourth-order valence-electron chi connectivity index (χ4n) is 10.6. The smallest absolute Gasteiger partial charge is 0.423 e. The largest absolute Gasteiger partial charge is 0.647 e. The minimum Gasteiger partial charge on any atom is -0.423 e. The quantitative estimate of drug-likeness (QED) is 0.0203. The minimum absolute atomic E-state index is 0.0440. The van der Waals surface area contributed by atoms with Crippen molar-refractivity contribution in [1.29, 1.82) is 0 Å². The summed E-state index contributed by atoms with van der Waals surface area (Å²) >= 11 is 0. The second-order valence-corrected chi connectivity index (χ2v) is 24.2. The molecule has 0 spiro atoms. The van der Waals surface area contributed by atoms with Gasteiger partial charge in [-0.25, -0.2) is 28.8 Å². The van der Waals surface area contributed by atoms with Gasteiger partial charge in [-0.2, -0.15) is 4.57 Å². The summed E-state index contributed by atoms with van der Waals surface area (Å²) in [6, 6.07) is 51.2. The highest BCUT2D eigenvalue weighted by Gasteiger charge is 2.41. The lowest BCUT2D eigenvalue weighted by Gasteiger charge is -2.30. The number of phosphoric ester groups is 1. The van der Waals surface area contributed by atoms with Crippen LogP contribution < -0.4 is 42.0 Å². The van der Waals surface area contributed by atoms with Gasteiger partial charge in [0.2, 0.25) is 0 Å². The van der Waals surface area contributed by atoms with Crippen LogP contribution in [0, 0.1) is 0 Å². The summed E-state index contributed by atoms with van der Waals surface area (Å²) in [7, 11) is -5.48. The summed E-state index contributed by atoms with van der Waals surface area (Å²) in [5.41, 5.74) is 7.56. The molecule has 0 aliphatic rings. The van der Waals surface area contributed by atoms with Crippen LogP contribution in [-0.4, -0.2) is 35.8 Å². The van der Waals surface area contributed by atoms with Gasteiger partial charge in [-0.3, -0.25) is 0 Å². The molecule has 0 bridgehead atoms. The molecule has 0 fully saturated rings. The van der Waals surface area contributed by atoms with E-state index in [1.165, 1.54) is 0 Å². The Morgan fingerprint density at radius 2 is 0.449 bits per heavy atom. The van der Waals surface area contributed by atoms with E-state index in [-0.39, 0.29) is 69.5 Å². The Kier molecular flexibility index (Phi) is 22.5. The van der Waals surface area contributed by atoms with Crippen molar-refractivity contribution in [3.8, 4) is 119 Å². The number of phosphoric acid groups is 1. The summed E-state index contributed by atoms with van der Waals surface area (Å²) in [6.45, 7) is 32.9. The second kappa shape index (κ2) is 31.4. The maximum absolute atomic E-state index is 18.1. The molecule has 0 radical (unpaired) electrons. The van der Waals surface area contributed by atoms with Gasteiger partial charge in [0.25, 0.3) is 0 Å². The average Bonchev–Trinajstić information content (AvgIpc) is 0.753. The first-order chi connectivity index (χ1) is 47.1. The van der Waals surface area contributed by atoms with Crippen LogP contribution in [0.1, 0.15) is 76.0 Å². The normalized spacial score (nSPS) is 10.9. The fourth-order valence-corrected chi connectivity index (χ4v) is 11.9. The molecule has 9 rings (SSSR count). The van der Waals surface area contributed by atoms with Gasteiger partial charge in [-0.15, -0.1) is 0 Å². The van der Waals surface area contributed by atoms with Crippen LogP contribution >= 0.6 is 7.82 Å². The summed E-state index contributed by atoms with van der Waals surface area (Å²) < 4.78 is 73.6. The molecular formula is C81H69O16P. The van der Waals surface area contributed by atoms with Crippen molar-refractivity contribution in [2.75, 3.05) is 0 Å². The number of carbonyl (C=O) groups excluding carboxylic acids is 6. The Hall–Kier alpha value is -12.1. The highest BCUT2D eigenvalue weighted by atomic mass is 31.2. The Labute approximate surface area is 568 Å². The van der Waals surface area contributed by atoms with Crippen LogP contribution in [0.4, 0.5) is 0 Å². The predicted molar refractivity (Wildman–Crippen MR) is 379 cm³/mol. The molecule has 0 aromatic heterocycles. The summed E-state index contributed by atoms with van der Waals surface area (Å²) in [5, 5.41) is 0. The van der Waals surface area contributed by atoms with Gasteiger partial charge in [-0.05, 0) is 157 Å². The SMILES string of the molecule is C=CC(=O)Oc1ccc(-c2ccc(C(C)C)c(OP(=O)(Oc3c(C(C)C)ccc(-c4ccc(OC(=O)C=C)cc4)c3-c3ccc(OC(=O)C=C)cc3)Oc3c(C(C)C)ccc(-c4ccc(OC(=O)C=C)cc4)c3-c3ccc(OC(=O)C=C)cc3)c2-c2ccc(OC(=O)C=C)cc2)cc1. The van der Waals surface area contributed by atoms with Crippen molar-refractivity contribution in [2.24, 2.45) is 0 Å². The lowest BCUT2D eigenvalue weighted by atomic mass is 9.89. The third-order valence-electron chi connectivity index (χ3n) is 15.3. The number of hydrogen-bond donors (Lipinski definition) is 0. The molecule has 0 aliphatic heterocycles. The van der Waals surface area contributed by atoms with Crippen molar-refractivity contribution in [3.05, 3.63) is 275 Å². The van der Waals surface area contributed by atoms with Crippen molar-refractivity contribution in [2.45, 2.75) is 59.3 Å². The van der Waals surface area contributed by atoms with Gasteiger partial charge in [-0.1, -0.05) is 190 Å². The van der Waals surface area contributed by atoms with Crippen LogP contribution in [0.15, 0.2) is 258 Å². The molecule has 0 saturated carbocycles. The molecule has 494 valence electrons. The molecule has 0 unspecified atom stereocenters. The first-order valence-corrected chi connectivity index (χ1v) is 32.4. The molecule has 9 aromatic rings. The van der Waals surface area contributed by atoms with Gasteiger partial charge in [0.05, 0.1) is 0 Å². The third-order valence-corrected chi connectivity index (χ3v) is 16.5. The lowest BCUT2D eigenvalue weighted by Crippen LogP contribution is -2.14. The topological polar surface area (TPSA) is 203 Å². The number of ether oxygens (including phenoxy) is 6. The van der Waals surface area contributed by atoms with E-state index < -0.39 is 43.6 Å². The first-order valence-electron chi connectivity index (χ1n) is 30.9. The van der Waals surface area contributed by atoms with E-state index >= 15 is 4.57 Å². The van der Waals surface area contributed by atoms with E-state index in [1.54, 1.807) is 146 Å². The Bertz CT molecular complexity index is 4150. The van der Waals surface area contributed by atoms with Gasteiger partial charge in [0.1, 0.15) is 51.7 Å². The molecule has 9 aromatic carbocycles. The van der Waals surface area contributed by atoms with Crippen molar-refractivity contribution < 1.29 is 75.3 Å². The van der Waals surface area contributed by atoms with Crippen LogP contribution in [0.3, 0.4) is 0 Å². The number of hydrogen-bond acceptors (Lipinski definition) is 16. The highest BCUT2D eigenvalue weighted by molar-refractivity contribution is 7.49. The molecule has 0 heterocycles. The monoisotopic (exact) mass is 1330 g/mol. The van der Waals surface area contributed by atoms with Crippen LogP contribution in [0.25, 0.3) is 66.8 Å². The van der Waals surface area contributed by atoms with Crippen LogP contribution in [-0.2, 0) is 33.3 Å². The molecule has 16 nitrogen and oxygen atoms in total. The van der Waals surface area contributed by atoms with Crippen molar-refractivity contribution in [3.63, 3.8) is 0 Å². The van der Waals surface area contributed by atoms with Gasteiger partial charge in [0.15, 0.2) is 0 Å². The molecular weight excluding hydrogens is 1260 g/mol. The molecule has 17 heteroatoms. The van der Waals surface area contributed by atoms with Crippen LogP contribution in [0.2, 0.25) is 0 Å². The first kappa shape index (κ1) is 70.2. The van der Waals surface area contributed by atoms with Crippen molar-refractivity contribution in [1.82, 2.24) is 0 Å². The highest BCUT2D eigenvalue weighted by Crippen LogP contribution is 2.61. The molecule has 0 aliphatic carbocycles. The maximum atomic E-state index is 18.1. The zero-order valence-electron chi connectivity index (χ0n) is 54.7. The van der Waals surface area contributed by atoms with Crippen molar-refractivity contribution >= 4 is 43.6 Å². The summed E-state index contributed by atoms with van der Waals surface area (Å²) in [5.74, 6) is -3.82. The Balaban J connectivity index is 1.41. The average molecular weight is 1330 g/mol. The van der Waals surface area contributed by atoms with Crippen LogP contribution in [0.5, 0.6) is 51.7 Å². The second-order valence-electron chi connectivity index (χ2n) is 22.8. The number of carbonyl (C=O) groups is 6. The standard InChI is InChI=1S/C81H69O16P/c1-13-70(82)89-58-31-19-52(20-32-58)67-46-43-64(49(7)8)79(76(67)55-25-37-61(38-26-55)92-73(85)16-4)95-98(88,96-80-65(50(9)10)44-47-68(53-21-33-59(34-22-53)90-71(83)14-2)77(80)56-27-39-62(40-28-56)93-74(86)17-5)97-81-66(51(11)12)45-48-69(54-23-35-60(36-24-54)91-72(84)15-3)78(81)57-29-41-63(42-30-57)94-75(87)18-6/h13-51H,1-6H2,7-12H3. The molecule has 0 N–H and O–H groups in total. The lowest BCUT2D eigenvalue weighted by molar-refractivity contribution is -0.129. The number of benzene rings is 9. The predicted octanol–water partition coefficient (Wildman–Crippen LogP) is 19.3. The molecule has 0 atom stereocenters. The zero-order chi connectivity index (χ0) is 70.4. The number of rotatable bonds is 27. The Morgan fingerprint density at radius 3 is 0.612 bits per heavy atom. The maximum Gasteiger partial charge on any atom is 0.647 e. The number of esters is 6. The van der Waals surface area contributed by atoms with Gasteiger partial charge in [0, 0.05) is 53.1 Å². The van der Waals surface area contributed by atoms with E-state index in [0.29, 0.717) is 83.5 Å². The fraction of sp³-hybridized carbons (Fsp3) is 0.111. The third kappa shape index (κ3) is 16.7.